The lowest BCUT2D eigenvalue weighted by Crippen LogP contribution is -2.42. The van der Waals surface area contributed by atoms with Crippen molar-refractivity contribution in [3.63, 3.8) is 0 Å². The smallest absolute Gasteiger partial charge is 0.202 e. The molecule has 1 N–H and O–H groups in total. The van der Waals surface area contributed by atoms with E-state index in [-0.39, 0.29) is 5.60 Å². The second kappa shape index (κ2) is 5.13. The van der Waals surface area contributed by atoms with Gasteiger partial charge in [0, 0.05) is 30.6 Å². The molecule has 2 aliphatic rings. The van der Waals surface area contributed by atoms with Crippen molar-refractivity contribution in [2.45, 2.75) is 63.5 Å². The molecule has 0 radical (unpaired) electrons. The number of aryl methyl sites for hydroxylation is 1. The summed E-state index contributed by atoms with van der Waals surface area (Å²) in [5, 5.41) is 4.53. The van der Waals surface area contributed by atoms with Crippen LogP contribution in [0.1, 0.15) is 51.3 Å². The number of rotatable bonds is 3. The number of hydrogen-bond donors (Lipinski definition) is 1. The summed E-state index contributed by atoms with van der Waals surface area (Å²) < 4.78 is 10.4. The first-order valence-electron chi connectivity index (χ1n) is 7.03. The highest BCUT2D eigenvalue weighted by Gasteiger charge is 2.40. The van der Waals surface area contributed by atoms with Crippen LogP contribution in [0.2, 0.25) is 0 Å². The van der Waals surface area contributed by atoms with Crippen molar-refractivity contribution in [1.29, 1.82) is 0 Å². The molecule has 100 valence electrons. The minimum atomic E-state index is 0.175. The van der Waals surface area contributed by atoms with Crippen LogP contribution in [0.5, 0.6) is 0 Å². The van der Waals surface area contributed by atoms with Crippen molar-refractivity contribution in [1.82, 2.24) is 9.36 Å². The van der Waals surface area contributed by atoms with Crippen LogP contribution in [0, 0.1) is 0 Å². The van der Waals surface area contributed by atoms with Crippen LogP contribution in [0.15, 0.2) is 0 Å². The molecule has 1 aromatic heterocycles. The summed E-state index contributed by atoms with van der Waals surface area (Å²) in [6, 6.07) is 0.509. The quantitative estimate of drug-likeness (QED) is 0.914. The Balaban J connectivity index is 1.62. The van der Waals surface area contributed by atoms with Crippen molar-refractivity contribution in [3.05, 3.63) is 5.82 Å². The first kappa shape index (κ1) is 12.4. The summed E-state index contributed by atoms with van der Waals surface area (Å²) in [5.41, 5.74) is 0.175. The van der Waals surface area contributed by atoms with Gasteiger partial charge in [0.15, 0.2) is 0 Å². The first-order chi connectivity index (χ1) is 8.80. The average Bonchev–Trinajstić information content (AvgIpc) is 2.99. The summed E-state index contributed by atoms with van der Waals surface area (Å²) in [7, 11) is 0. The highest BCUT2D eigenvalue weighted by atomic mass is 32.1. The molecule has 0 aromatic carbocycles. The van der Waals surface area contributed by atoms with Crippen LogP contribution < -0.4 is 5.32 Å². The molecule has 18 heavy (non-hydrogen) atoms. The van der Waals surface area contributed by atoms with E-state index in [1.54, 1.807) is 0 Å². The van der Waals surface area contributed by atoms with Gasteiger partial charge in [-0.3, -0.25) is 0 Å². The third kappa shape index (κ3) is 2.52. The van der Waals surface area contributed by atoms with E-state index >= 15 is 0 Å². The average molecular weight is 267 g/mol. The van der Waals surface area contributed by atoms with Crippen molar-refractivity contribution in [2.75, 3.05) is 11.9 Å². The summed E-state index contributed by atoms with van der Waals surface area (Å²) in [5.74, 6) is 0.949. The molecule has 1 saturated heterocycles. The maximum Gasteiger partial charge on any atom is 0.202 e. The van der Waals surface area contributed by atoms with E-state index in [1.165, 1.54) is 37.2 Å². The predicted molar refractivity (Wildman–Crippen MR) is 73.1 cm³/mol. The molecule has 1 atom stereocenters. The fraction of sp³-hybridized carbons (Fsp3) is 0.846. The lowest BCUT2D eigenvalue weighted by Gasteiger charge is -2.38. The van der Waals surface area contributed by atoms with Crippen LogP contribution in [0.3, 0.4) is 0 Å². The van der Waals surface area contributed by atoms with Crippen molar-refractivity contribution < 1.29 is 4.74 Å². The molecule has 5 heteroatoms. The van der Waals surface area contributed by atoms with E-state index in [0.29, 0.717) is 6.04 Å². The molecule has 1 aliphatic heterocycles. The standard InChI is InChI=1S/C13H21N3OS/c1-2-11-15-12(18-16-11)14-10-5-8-17-13(9-10)6-3-4-7-13/h10H,2-9H2,1H3,(H,14,15,16)/t10-/m0/s1. The minimum Gasteiger partial charge on any atom is -0.375 e. The van der Waals surface area contributed by atoms with Gasteiger partial charge in [-0.15, -0.1) is 0 Å². The highest BCUT2D eigenvalue weighted by Crippen LogP contribution is 2.40. The van der Waals surface area contributed by atoms with E-state index < -0.39 is 0 Å². The molecule has 2 heterocycles. The lowest BCUT2D eigenvalue weighted by atomic mass is 9.89. The Kier molecular flexibility index (Phi) is 3.52. The number of aromatic nitrogens is 2. The molecular formula is C13H21N3OS. The fourth-order valence-corrected chi connectivity index (χ4v) is 3.88. The number of hydrogen-bond acceptors (Lipinski definition) is 5. The summed E-state index contributed by atoms with van der Waals surface area (Å²) in [4.78, 5) is 4.49. The zero-order valence-corrected chi connectivity index (χ0v) is 11.8. The SMILES string of the molecule is CCc1nsc(N[C@H]2CCOC3(CCCC3)C2)n1. The Morgan fingerprint density at radius 3 is 3.00 bits per heavy atom. The van der Waals surface area contributed by atoms with E-state index in [2.05, 4.69) is 21.6 Å². The van der Waals surface area contributed by atoms with Crippen molar-refractivity contribution in [2.24, 2.45) is 0 Å². The molecule has 1 aliphatic carbocycles. The van der Waals surface area contributed by atoms with E-state index in [0.717, 1.165) is 36.8 Å². The highest BCUT2D eigenvalue weighted by molar-refractivity contribution is 7.09. The van der Waals surface area contributed by atoms with Crippen LogP contribution >= 0.6 is 11.5 Å². The van der Waals surface area contributed by atoms with Crippen LogP contribution in [-0.2, 0) is 11.2 Å². The predicted octanol–water partition coefficient (Wildman–Crippen LogP) is 3.00. The molecule has 0 amide bonds. The Hall–Kier alpha value is -0.680. The molecule has 1 spiro atoms. The third-order valence-electron chi connectivity index (χ3n) is 4.12. The second-order valence-corrected chi connectivity index (χ2v) is 6.19. The monoisotopic (exact) mass is 267 g/mol. The van der Waals surface area contributed by atoms with Gasteiger partial charge in [-0.1, -0.05) is 19.8 Å². The summed E-state index contributed by atoms with van der Waals surface area (Å²) >= 11 is 1.49. The lowest BCUT2D eigenvalue weighted by molar-refractivity contribution is -0.0767. The molecule has 4 nitrogen and oxygen atoms in total. The number of nitrogens with zero attached hydrogens (tertiary/aromatic N) is 2. The van der Waals surface area contributed by atoms with Crippen molar-refractivity contribution >= 4 is 16.7 Å². The summed E-state index contributed by atoms with van der Waals surface area (Å²) in [6.07, 6.45) is 8.26. The van der Waals surface area contributed by atoms with Gasteiger partial charge < -0.3 is 10.1 Å². The largest absolute Gasteiger partial charge is 0.375 e. The Bertz CT molecular complexity index is 401. The van der Waals surface area contributed by atoms with Gasteiger partial charge >= 0.3 is 0 Å². The van der Waals surface area contributed by atoms with Gasteiger partial charge in [-0.25, -0.2) is 4.98 Å². The van der Waals surface area contributed by atoms with Crippen LogP contribution in [0.4, 0.5) is 5.13 Å². The van der Waals surface area contributed by atoms with Gasteiger partial charge in [0.1, 0.15) is 5.82 Å². The van der Waals surface area contributed by atoms with E-state index in [1.807, 2.05) is 0 Å². The Morgan fingerprint density at radius 2 is 2.28 bits per heavy atom. The second-order valence-electron chi connectivity index (χ2n) is 5.44. The normalized spacial score (nSPS) is 26.6. The van der Waals surface area contributed by atoms with Crippen molar-refractivity contribution in [3.8, 4) is 0 Å². The van der Waals surface area contributed by atoms with Crippen LogP contribution in [0.25, 0.3) is 0 Å². The fourth-order valence-electron chi connectivity index (χ4n) is 3.15. The molecule has 3 rings (SSSR count). The third-order valence-corrected chi connectivity index (χ3v) is 4.80. The summed E-state index contributed by atoms with van der Waals surface area (Å²) in [6.45, 7) is 2.98. The zero-order chi connectivity index (χ0) is 12.4. The molecule has 0 unspecified atom stereocenters. The Morgan fingerprint density at radius 1 is 1.44 bits per heavy atom. The molecule has 2 fully saturated rings. The number of nitrogens with one attached hydrogen (secondary N) is 1. The molecule has 0 bridgehead atoms. The zero-order valence-electron chi connectivity index (χ0n) is 10.9. The van der Waals surface area contributed by atoms with E-state index in [9.17, 15) is 0 Å². The van der Waals surface area contributed by atoms with Gasteiger partial charge in [-0.2, -0.15) is 4.37 Å². The Labute approximate surface area is 112 Å². The number of anilines is 1. The maximum atomic E-state index is 6.05. The van der Waals surface area contributed by atoms with Gasteiger partial charge in [0.05, 0.1) is 5.60 Å². The van der Waals surface area contributed by atoms with Crippen LogP contribution in [-0.4, -0.2) is 27.6 Å². The van der Waals surface area contributed by atoms with Gasteiger partial charge in [-0.05, 0) is 25.7 Å². The minimum absolute atomic E-state index is 0.175. The molecule has 1 saturated carbocycles. The molecule has 1 aromatic rings. The maximum absolute atomic E-state index is 6.05. The first-order valence-corrected chi connectivity index (χ1v) is 7.80. The number of ether oxygens (including phenoxy) is 1. The topological polar surface area (TPSA) is 47.0 Å². The van der Waals surface area contributed by atoms with E-state index in [4.69, 9.17) is 4.74 Å². The van der Waals surface area contributed by atoms with Gasteiger partial charge in [0.2, 0.25) is 5.13 Å². The molecular weight excluding hydrogens is 246 g/mol. The van der Waals surface area contributed by atoms with Gasteiger partial charge in [0.25, 0.3) is 0 Å².